The van der Waals surface area contributed by atoms with E-state index in [1.54, 1.807) is 0 Å². The van der Waals surface area contributed by atoms with Gasteiger partial charge in [0.15, 0.2) is 6.61 Å². The third kappa shape index (κ3) is 3.60. The van der Waals surface area contributed by atoms with Crippen LogP contribution < -0.4 is 4.74 Å². The molecule has 19 heavy (non-hydrogen) atoms. The first-order chi connectivity index (χ1) is 8.97. The van der Waals surface area contributed by atoms with Crippen molar-refractivity contribution in [3.8, 4) is 5.75 Å². The summed E-state index contributed by atoms with van der Waals surface area (Å²) in [5, 5.41) is -0.00802. The van der Waals surface area contributed by atoms with Gasteiger partial charge in [-0.3, -0.25) is 4.79 Å². The number of Topliss-reactive ketones (excluding diaryl/α,β-unsaturated/α-hetero) is 1. The monoisotopic (exact) mass is 338 g/mol. The van der Waals surface area contributed by atoms with E-state index in [9.17, 15) is 9.18 Å². The molecule has 0 spiro atoms. The smallest absolute Gasteiger partial charge is 0.202 e. The molecule has 0 aliphatic carbocycles. The SMILES string of the molecule is O=C(COc1ccc(Cl)c(F)c1)c1cc(Cl)sc1Cl. The molecule has 7 heteroatoms. The Morgan fingerprint density at radius 2 is 2.00 bits per heavy atom. The molecule has 1 aromatic carbocycles. The third-order valence-electron chi connectivity index (χ3n) is 2.22. The summed E-state index contributed by atoms with van der Waals surface area (Å²) < 4.78 is 19.1. The minimum Gasteiger partial charge on any atom is -0.485 e. The van der Waals surface area contributed by atoms with Gasteiger partial charge >= 0.3 is 0 Å². The van der Waals surface area contributed by atoms with Crippen LogP contribution in [0.25, 0.3) is 0 Å². The van der Waals surface area contributed by atoms with E-state index in [2.05, 4.69) is 0 Å². The minimum atomic E-state index is -0.608. The number of benzene rings is 1. The first-order valence-corrected chi connectivity index (χ1v) is 6.98. The molecule has 2 nitrogen and oxygen atoms in total. The van der Waals surface area contributed by atoms with Gasteiger partial charge in [-0.2, -0.15) is 0 Å². The number of halogens is 4. The number of ether oxygens (including phenoxy) is 1. The second-order valence-electron chi connectivity index (χ2n) is 3.53. The van der Waals surface area contributed by atoms with Crippen LogP contribution in [0.3, 0.4) is 0 Å². The lowest BCUT2D eigenvalue weighted by Gasteiger charge is -2.05. The van der Waals surface area contributed by atoms with Crippen LogP contribution in [0.4, 0.5) is 4.39 Å². The van der Waals surface area contributed by atoms with Crippen molar-refractivity contribution in [3.63, 3.8) is 0 Å². The molecule has 0 N–H and O–H groups in total. The highest BCUT2D eigenvalue weighted by Crippen LogP contribution is 2.31. The summed E-state index contributed by atoms with van der Waals surface area (Å²) in [6, 6.07) is 5.41. The predicted octanol–water partition coefficient (Wildman–Crippen LogP) is 5.11. The number of hydrogen-bond acceptors (Lipinski definition) is 3. The molecule has 0 fully saturated rings. The van der Waals surface area contributed by atoms with E-state index < -0.39 is 5.82 Å². The summed E-state index contributed by atoms with van der Waals surface area (Å²) in [7, 11) is 0. The lowest BCUT2D eigenvalue weighted by molar-refractivity contribution is 0.0922. The van der Waals surface area contributed by atoms with Crippen LogP contribution >= 0.6 is 46.1 Å². The fraction of sp³-hybridized carbons (Fsp3) is 0.0833. The van der Waals surface area contributed by atoms with Crippen molar-refractivity contribution in [1.29, 1.82) is 0 Å². The van der Waals surface area contributed by atoms with Gasteiger partial charge < -0.3 is 4.74 Å². The van der Waals surface area contributed by atoms with E-state index in [1.165, 1.54) is 18.2 Å². The molecule has 100 valence electrons. The Bertz CT molecular complexity index is 627. The molecule has 0 bridgehead atoms. The fourth-order valence-electron chi connectivity index (χ4n) is 1.32. The lowest BCUT2D eigenvalue weighted by Crippen LogP contribution is -2.11. The van der Waals surface area contributed by atoms with Gasteiger partial charge in [0, 0.05) is 6.07 Å². The van der Waals surface area contributed by atoms with Gasteiger partial charge in [0.2, 0.25) is 5.78 Å². The van der Waals surface area contributed by atoms with E-state index in [0.717, 1.165) is 17.4 Å². The van der Waals surface area contributed by atoms with Crippen LogP contribution in [0.2, 0.25) is 13.7 Å². The van der Waals surface area contributed by atoms with Crippen LogP contribution in [-0.2, 0) is 0 Å². The third-order valence-corrected chi connectivity index (χ3v) is 4.01. The fourth-order valence-corrected chi connectivity index (χ4v) is 2.94. The molecule has 0 atom stereocenters. The standard InChI is InChI=1S/C12H6Cl3FO2S/c13-8-2-1-6(3-9(8)16)18-5-10(17)7-4-11(14)19-12(7)15/h1-4H,5H2. The largest absolute Gasteiger partial charge is 0.485 e. The Morgan fingerprint density at radius 3 is 2.58 bits per heavy atom. The molecule has 2 aromatic rings. The molecule has 0 amide bonds. The number of carbonyl (C=O) groups excluding carboxylic acids is 1. The number of carbonyl (C=O) groups is 1. The average molecular weight is 340 g/mol. The number of hydrogen-bond donors (Lipinski definition) is 0. The van der Waals surface area contributed by atoms with Crippen LogP contribution in [0, 0.1) is 5.82 Å². The van der Waals surface area contributed by atoms with E-state index in [0.29, 0.717) is 14.2 Å². The second-order valence-corrected chi connectivity index (χ2v) is 6.22. The van der Waals surface area contributed by atoms with Crippen molar-refractivity contribution in [2.24, 2.45) is 0 Å². The zero-order chi connectivity index (χ0) is 14.0. The zero-order valence-electron chi connectivity index (χ0n) is 9.25. The van der Waals surface area contributed by atoms with Gasteiger partial charge in [-0.1, -0.05) is 34.8 Å². The average Bonchev–Trinajstić information content (AvgIpc) is 2.70. The summed E-state index contributed by atoms with van der Waals surface area (Å²) >= 11 is 18.2. The van der Waals surface area contributed by atoms with Crippen molar-refractivity contribution >= 4 is 51.9 Å². The Labute approximate surface area is 127 Å². The highest BCUT2D eigenvalue weighted by atomic mass is 35.5. The van der Waals surface area contributed by atoms with E-state index in [4.69, 9.17) is 39.5 Å². The van der Waals surface area contributed by atoms with E-state index in [1.807, 2.05) is 0 Å². The molecule has 0 aliphatic heterocycles. The van der Waals surface area contributed by atoms with E-state index in [-0.39, 0.29) is 23.2 Å². The first kappa shape index (κ1) is 14.6. The molecular weight excluding hydrogens is 334 g/mol. The van der Waals surface area contributed by atoms with Gasteiger partial charge in [-0.15, -0.1) is 11.3 Å². The predicted molar refractivity (Wildman–Crippen MR) is 75.6 cm³/mol. The Morgan fingerprint density at radius 1 is 1.26 bits per heavy atom. The molecule has 0 saturated carbocycles. The Balaban J connectivity index is 2.04. The van der Waals surface area contributed by atoms with Gasteiger partial charge in [-0.05, 0) is 18.2 Å². The maximum absolute atomic E-state index is 13.2. The minimum absolute atomic E-state index is 0.00802. The molecule has 1 aromatic heterocycles. The van der Waals surface area contributed by atoms with Crippen LogP contribution in [0.15, 0.2) is 24.3 Å². The summed E-state index contributed by atoms with van der Waals surface area (Å²) in [6.45, 7) is -0.256. The number of rotatable bonds is 4. The van der Waals surface area contributed by atoms with Crippen molar-refractivity contribution in [2.75, 3.05) is 6.61 Å². The molecule has 0 radical (unpaired) electrons. The number of thiophene rings is 1. The van der Waals surface area contributed by atoms with Crippen molar-refractivity contribution in [1.82, 2.24) is 0 Å². The van der Waals surface area contributed by atoms with Gasteiger partial charge in [-0.25, -0.2) is 4.39 Å². The topological polar surface area (TPSA) is 26.3 Å². The van der Waals surface area contributed by atoms with E-state index >= 15 is 0 Å². The Kier molecular flexibility index (Phi) is 4.68. The van der Waals surface area contributed by atoms with Crippen LogP contribution in [0.1, 0.15) is 10.4 Å². The number of ketones is 1. The van der Waals surface area contributed by atoms with Crippen LogP contribution in [-0.4, -0.2) is 12.4 Å². The van der Waals surface area contributed by atoms with Gasteiger partial charge in [0.1, 0.15) is 15.9 Å². The summed E-state index contributed by atoms with van der Waals surface area (Å²) in [4.78, 5) is 11.8. The van der Waals surface area contributed by atoms with Crippen molar-refractivity contribution in [2.45, 2.75) is 0 Å². The maximum atomic E-state index is 13.2. The zero-order valence-corrected chi connectivity index (χ0v) is 12.3. The highest BCUT2D eigenvalue weighted by Gasteiger charge is 2.15. The molecule has 1 heterocycles. The first-order valence-electron chi connectivity index (χ1n) is 5.03. The molecule has 2 rings (SSSR count). The summed E-state index contributed by atoms with van der Waals surface area (Å²) in [6.07, 6.45) is 0. The van der Waals surface area contributed by atoms with Gasteiger partial charge in [0.05, 0.1) is 14.9 Å². The quantitative estimate of drug-likeness (QED) is 0.724. The lowest BCUT2D eigenvalue weighted by atomic mass is 10.2. The van der Waals surface area contributed by atoms with Crippen molar-refractivity contribution in [3.05, 3.63) is 49.3 Å². The summed E-state index contributed by atoms with van der Waals surface area (Å²) in [5.74, 6) is -0.723. The normalized spacial score (nSPS) is 10.5. The second kappa shape index (κ2) is 6.09. The molecule has 0 aliphatic rings. The molecule has 0 saturated heterocycles. The summed E-state index contributed by atoms with van der Waals surface area (Å²) in [5.41, 5.74) is 0.297. The maximum Gasteiger partial charge on any atom is 0.202 e. The molecule has 0 unspecified atom stereocenters. The highest BCUT2D eigenvalue weighted by molar-refractivity contribution is 7.20. The van der Waals surface area contributed by atoms with Crippen LogP contribution in [0.5, 0.6) is 5.75 Å². The van der Waals surface area contributed by atoms with Gasteiger partial charge in [0.25, 0.3) is 0 Å². The molecular formula is C12H6Cl3FO2S. The van der Waals surface area contributed by atoms with Crippen molar-refractivity contribution < 1.29 is 13.9 Å². The Hall–Kier alpha value is -0.810.